The maximum atomic E-state index is 4.62. The van der Waals surface area contributed by atoms with Crippen LogP contribution in [0.3, 0.4) is 0 Å². The first kappa shape index (κ1) is 14.9. The summed E-state index contributed by atoms with van der Waals surface area (Å²) >= 11 is 0. The third-order valence-electron chi connectivity index (χ3n) is 4.55. The molecule has 0 spiro atoms. The first-order chi connectivity index (χ1) is 11.6. The molecule has 0 aromatic carbocycles. The highest BCUT2D eigenvalue weighted by Crippen LogP contribution is 2.22. The monoisotopic (exact) mass is 326 g/mol. The lowest BCUT2D eigenvalue weighted by atomic mass is 10.1. The van der Waals surface area contributed by atoms with Crippen molar-refractivity contribution in [1.82, 2.24) is 29.4 Å². The van der Waals surface area contributed by atoms with Crippen LogP contribution in [0.5, 0.6) is 0 Å². The summed E-state index contributed by atoms with van der Waals surface area (Å²) in [5, 5.41) is 16.1. The minimum atomic E-state index is 0.353. The van der Waals surface area contributed by atoms with Crippen LogP contribution in [-0.2, 0) is 7.05 Å². The van der Waals surface area contributed by atoms with Crippen molar-refractivity contribution in [3.63, 3.8) is 0 Å². The van der Waals surface area contributed by atoms with E-state index in [1.807, 2.05) is 36.0 Å². The molecule has 1 unspecified atom stereocenters. The molecular weight excluding hydrogens is 304 g/mol. The zero-order chi connectivity index (χ0) is 16.7. The molecule has 0 radical (unpaired) electrons. The van der Waals surface area contributed by atoms with E-state index in [0.717, 1.165) is 48.9 Å². The molecule has 8 heteroatoms. The van der Waals surface area contributed by atoms with E-state index in [-0.39, 0.29) is 0 Å². The Kier molecular flexibility index (Phi) is 3.59. The molecule has 1 aliphatic heterocycles. The van der Waals surface area contributed by atoms with Gasteiger partial charge in [0, 0.05) is 38.3 Å². The zero-order valence-electron chi connectivity index (χ0n) is 14.3. The fourth-order valence-corrected chi connectivity index (χ4v) is 3.45. The second-order valence-electron chi connectivity index (χ2n) is 6.44. The number of fused-ring (bicyclic) bond motifs is 1. The predicted octanol–water partition coefficient (Wildman–Crippen LogP) is 1.56. The van der Waals surface area contributed by atoms with Gasteiger partial charge in [0.25, 0.3) is 0 Å². The van der Waals surface area contributed by atoms with Gasteiger partial charge in [-0.15, -0.1) is 10.2 Å². The second kappa shape index (κ2) is 5.77. The Hall–Kier alpha value is -2.64. The molecule has 1 fully saturated rings. The number of rotatable bonds is 3. The number of nitrogens with zero attached hydrogens (tertiary/aromatic N) is 7. The average molecular weight is 326 g/mol. The summed E-state index contributed by atoms with van der Waals surface area (Å²) in [7, 11) is 2.00. The van der Waals surface area contributed by atoms with E-state index in [9.17, 15) is 0 Å². The van der Waals surface area contributed by atoms with Gasteiger partial charge in [-0.1, -0.05) is 0 Å². The van der Waals surface area contributed by atoms with Gasteiger partial charge in [-0.3, -0.25) is 9.08 Å². The lowest BCUT2D eigenvalue weighted by molar-refractivity contribution is 0.517. The number of aromatic nitrogens is 6. The van der Waals surface area contributed by atoms with Crippen molar-refractivity contribution in [2.24, 2.45) is 7.05 Å². The number of hydrogen-bond acceptors (Lipinski definition) is 6. The summed E-state index contributed by atoms with van der Waals surface area (Å²) in [6, 6.07) is 4.45. The zero-order valence-corrected chi connectivity index (χ0v) is 14.3. The number of hydrogen-bond donors (Lipinski definition) is 1. The Morgan fingerprint density at radius 2 is 2.12 bits per heavy atom. The number of nitrogens with one attached hydrogen (secondary N) is 1. The van der Waals surface area contributed by atoms with Crippen molar-refractivity contribution in [2.45, 2.75) is 32.7 Å². The molecule has 8 nitrogen and oxygen atoms in total. The van der Waals surface area contributed by atoms with E-state index in [1.54, 1.807) is 6.33 Å². The Morgan fingerprint density at radius 1 is 1.25 bits per heavy atom. The Morgan fingerprint density at radius 3 is 2.92 bits per heavy atom. The van der Waals surface area contributed by atoms with Crippen LogP contribution >= 0.6 is 0 Å². The maximum Gasteiger partial charge on any atom is 0.165 e. The molecule has 0 saturated carbocycles. The van der Waals surface area contributed by atoms with Crippen LogP contribution in [0.25, 0.3) is 5.65 Å². The lowest BCUT2D eigenvalue weighted by Crippen LogP contribution is -2.43. The quantitative estimate of drug-likeness (QED) is 0.787. The molecule has 126 valence electrons. The van der Waals surface area contributed by atoms with Crippen molar-refractivity contribution >= 4 is 17.3 Å². The van der Waals surface area contributed by atoms with Gasteiger partial charge >= 0.3 is 0 Å². The highest BCUT2D eigenvalue weighted by atomic mass is 15.4. The molecule has 3 aromatic rings. The minimum absolute atomic E-state index is 0.353. The molecule has 3 aromatic heterocycles. The van der Waals surface area contributed by atoms with Gasteiger partial charge in [0.05, 0.1) is 5.69 Å². The van der Waals surface area contributed by atoms with Crippen LogP contribution in [0, 0.1) is 13.8 Å². The van der Waals surface area contributed by atoms with Gasteiger partial charge in [-0.05, 0) is 26.7 Å². The van der Waals surface area contributed by atoms with Crippen LogP contribution in [0.15, 0.2) is 18.5 Å². The maximum absolute atomic E-state index is 4.62. The van der Waals surface area contributed by atoms with E-state index >= 15 is 0 Å². The smallest absolute Gasteiger partial charge is 0.165 e. The van der Waals surface area contributed by atoms with Crippen LogP contribution in [0.4, 0.5) is 11.6 Å². The van der Waals surface area contributed by atoms with Crippen molar-refractivity contribution < 1.29 is 0 Å². The number of piperidine rings is 1. The largest absolute Gasteiger partial charge is 0.365 e. The lowest BCUT2D eigenvalue weighted by Gasteiger charge is -2.34. The molecule has 1 N–H and O–H groups in total. The highest BCUT2D eigenvalue weighted by Gasteiger charge is 2.22. The van der Waals surface area contributed by atoms with Crippen molar-refractivity contribution in [2.75, 3.05) is 23.3 Å². The van der Waals surface area contributed by atoms with E-state index in [0.29, 0.717) is 6.04 Å². The summed E-state index contributed by atoms with van der Waals surface area (Å²) in [5.74, 6) is 2.92. The summed E-state index contributed by atoms with van der Waals surface area (Å²) < 4.78 is 3.85. The Labute approximate surface area is 140 Å². The standard InChI is InChI=1S/C16H22N8/c1-11-7-16(22(3)21-11)23-6-4-5-13(9-23)19-14-8-15-20-17-10-24(15)12(2)18-14/h7-8,10,13,19H,4-6,9H2,1-3H3. The van der Waals surface area contributed by atoms with E-state index in [1.165, 1.54) is 5.82 Å². The average Bonchev–Trinajstić information content (AvgIpc) is 3.14. The Balaban J connectivity index is 1.52. The SMILES string of the molecule is Cc1cc(N2CCCC(Nc3cc4nncn4c(C)n3)C2)n(C)n1. The van der Waals surface area contributed by atoms with Crippen LogP contribution < -0.4 is 10.2 Å². The van der Waals surface area contributed by atoms with Crippen LogP contribution in [0.2, 0.25) is 0 Å². The fraction of sp³-hybridized carbons (Fsp3) is 0.500. The van der Waals surface area contributed by atoms with E-state index in [2.05, 4.69) is 36.6 Å². The molecular formula is C16H22N8. The van der Waals surface area contributed by atoms with Gasteiger partial charge in [0.2, 0.25) is 0 Å². The molecule has 1 saturated heterocycles. The predicted molar refractivity (Wildman–Crippen MR) is 92.3 cm³/mol. The molecule has 1 aliphatic rings. The van der Waals surface area contributed by atoms with Crippen molar-refractivity contribution in [3.8, 4) is 0 Å². The Bertz CT molecular complexity index is 864. The van der Waals surface area contributed by atoms with Gasteiger partial charge in [-0.2, -0.15) is 5.10 Å². The van der Waals surface area contributed by atoms with Gasteiger partial charge < -0.3 is 10.2 Å². The molecule has 0 bridgehead atoms. The second-order valence-corrected chi connectivity index (χ2v) is 6.44. The summed E-state index contributed by atoms with van der Waals surface area (Å²) in [5.41, 5.74) is 1.87. The first-order valence-corrected chi connectivity index (χ1v) is 8.29. The first-order valence-electron chi connectivity index (χ1n) is 8.29. The van der Waals surface area contributed by atoms with Crippen molar-refractivity contribution in [1.29, 1.82) is 0 Å². The summed E-state index contributed by atoms with van der Waals surface area (Å²) in [4.78, 5) is 7.02. The van der Waals surface area contributed by atoms with E-state index < -0.39 is 0 Å². The fourth-order valence-electron chi connectivity index (χ4n) is 3.45. The van der Waals surface area contributed by atoms with Gasteiger partial charge in [0.1, 0.15) is 23.8 Å². The van der Waals surface area contributed by atoms with Crippen LogP contribution in [-0.4, -0.2) is 48.5 Å². The number of aryl methyl sites for hydroxylation is 3. The topological polar surface area (TPSA) is 76.2 Å². The third-order valence-corrected chi connectivity index (χ3v) is 4.55. The van der Waals surface area contributed by atoms with E-state index in [4.69, 9.17) is 0 Å². The molecule has 24 heavy (non-hydrogen) atoms. The molecule has 0 aliphatic carbocycles. The molecule has 1 atom stereocenters. The normalized spacial score (nSPS) is 18.3. The molecule has 0 amide bonds. The number of anilines is 2. The third kappa shape index (κ3) is 2.68. The highest BCUT2D eigenvalue weighted by molar-refractivity contribution is 5.51. The minimum Gasteiger partial charge on any atom is -0.365 e. The van der Waals surface area contributed by atoms with Crippen LogP contribution in [0.1, 0.15) is 24.4 Å². The molecule has 4 heterocycles. The summed E-state index contributed by atoms with van der Waals surface area (Å²) in [6.45, 7) is 6.00. The van der Waals surface area contributed by atoms with Gasteiger partial charge in [-0.25, -0.2) is 4.98 Å². The summed E-state index contributed by atoms with van der Waals surface area (Å²) in [6.07, 6.45) is 3.97. The van der Waals surface area contributed by atoms with Crippen molar-refractivity contribution in [3.05, 3.63) is 30.0 Å². The van der Waals surface area contributed by atoms with Gasteiger partial charge in [0.15, 0.2) is 5.65 Å². The molecule has 4 rings (SSSR count).